The average Bonchev–Trinajstić information content (AvgIpc) is 2.21. The quantitative estimate of drug-likeness (QED) is 0.584. The van der Waals surface area contributed by atoms with Crippen LogP contribution in [0.3, 0.4) is 0 Å². The van der Waals surface area contributed by atoms with Crippen molar-refractivity contribution in [1.29, 1.82) is 0 Å². The number of rotatable bonds is 4. The van der Waals surface area contributed by atoms with Crippen LogP contribution in [0.2, 0.25) is 0 Å². The summed E-state index contributed by atoms with van der Waals surface area (Å²) in [5, 5.41) is 0. The highest BCUT2D eigenvalue weighted by Crippen LogP contribution is 2.21. The third kappa shape index (κ3) is 2.68. The van der Waals surface area contributed by atoms with Crippen molar-refractivity contribution >= 4 is 10.0 Å². The third-order valence-corrected chi connectivity index (χ3v) is 3.10. The number of aryl methyl sites for hydroxylation is 1. The monoisotopic (exact) mass is 230 g/mol. The number of sulfonamides is 1. The Bertz CT molecular complexity index is 443. The first-order valence-electron chi connectivity index (χ1n) is 4.47. The molecule has 0 aromatic heterocycles. The molecule has 0 fully saturated rings. The van der Waals surface area contributed by atoms with E-state index in [1.165, 1.54) is 12.1 Å². The van der Waals surface area contributed by atoms with Gasteiger partial charge in [-0.1, -0.05) is 0 Å². The van der Waals surface area contributed by atoms with Gasteiger partial charge in [-0.2, -0.15) is 4.83 Å². The van der Waals surface area contributed by atoms with Gasteiger partial charge in [0.1, 0.15) is 5.75 Å². The maximum Gasteiger partial charge on any atom is 0.253 e. The molecule has 0 heterocycles. The minimum Gasteiger partial charge on any atom is -0.494 e. The first-order chi connectivity index (χ1) is 7.01. The Labute approximate surface area is 89.3 Å². The van der Waals surface area contributed by atoms with Gasteiger partial charge >= 0.3 is 0 Å². The van der Waals surface area contributed by atoms with E-state index in [1.807, 2.05) is 6.92 Å². The molecule has 0 saturated carbocycles. The Hall–Kier alpha value is -1.11. The van der Waals surface area contributed by atoms with Crippen molar-refractivity contribution in [2.24, 2.45) is 5.84 Å². The summed E-state index contributed by atoms with van der Waals surface area (Å²) >= 11 is 0. The number of hydrogen-bond acceptors (Lipinski definition) is 4. The standard InChI is InChI=1S/C9H14N2O3S/c1-3-14-9-5-4-8(6-7(9)2)15(12,13)11-10/h4-6,11H,3,10H2,1-2H3. The van der Waals surface area contributed by atoms with E-state index < -0.39 is 10.0 Å². The minimum absolute atomic E-state index is 0.131. The van der Waals surface area contributed by atoms with Crippen LogP contribution in [0.1, 0.15) is 12.5 Å². The van der Waals surface area contributed by atoms with Crippen LogP contribution < -0.4 is 15.4 Å². The van der Waals surface area contributed by atoms with Crippen LogP contribution in [0.5, 0.6) is 5.75 Å². The predicted molar refractivity (Wildman–Crippen MR) is 56.9 cm³/mol. The van der Waals surface area contributed by atoms with Gasteiger partial charge in [-0.3, -0.25) is 5.84 Å². The second kappa shape index (κ2) is 4.61. The molecule has 0 aliphatic rings. The van der Waals surface area contributed by atoms with Gasteiger partial charge in [0.15, 0.2) is 0 Å². The summed E-state index contributed by atoms with van der Waals surface area (Å²) in [4.78, 5) is 1.90. The number of benzene rings is 1. The highest BCUT2D eigenvalue weighted by atomic mass is 32.2. The summed E-state index contributed by atoms with van der Waals surface area (Å²) in [5.41, 5.74) is 0.758. The maximum atomic E-state index is 11.3. The number of ether oxygens (including phenoxy) is 1. The lowest BCUT2D eigenvalue weighted by molar-refractivity contribution is 0.337. The van der Waals surface area contributed by atoms with E-state index in [9.17, 15) is 8.42 Å². The van der Waals surface area contributed by atoms with Gasteiger partial charge < -0.3 is 4.74 Å². The molecule has 5 nitrogen and oxygen atoms in total. The molecular weight excluding hydrogens is 216 g/mol. The first-order valence-corrected chi connectivity index (χ1v) is 5.95. The summed E-state index contributed by atoms with van der Waals surface area (Å²) in [5.74, 6) is 5.59. The molecular formula is C9H14N2O3S. The Kier molecular flexibility index (Phi) is 3.67. The zero-order valence-corrected chi connectivity index (χ0v) is 9.47. The third-order valence-electron chi connectivity index (χ3n) is 1.91. The Balaban J connectivity index is 3.12. The largest absolute Gasteiger partial charge is 0.494 e. The molecule has 0 unspecified atom stereocenters. The highest BCUT2D eigenvalue weighted by molar-refractivity contribution is 7.89. The zero-order valence-electron chi connectivity index (χ0n) is 8.65. The van der Waals surface area contributed by atoms with E-state index in [-0.39, 0.29) is 4.90 Å². The molecule has 0 atom stereocenters. The van der Waals surface area contributed by atoms with Crippen LogP contribution in [-0.4, -0.2) is 15.0 Å². The van der Waals surface area contributed by atoms with Crippen LogP contribution in [-0.2, 0) is 10.0 Å². The van der Waals surface area contributed by atoms with Gasteiger partial charge in [0.25, 0.3) is 10.0 Å². The predicted octanol–water partition coefficient (Wildman–Crippen LogP) is 0.546. The Morgan fingerprint density at radius 1 is 1.47 bits per heavy atom. The molecule has 0 saturated heterocycles. The van der Waals surface area contributed by atoms with Crippen molar-refractivity contribution in [3.8, 4) is 5.75 Å². The van der Waals surface area contributed by atoms with Crippen LogP contribution >= 0.6 is 0 Å². The lowest BCUT2D eigenvalue weighted by Crippen LogP contribution is -2.30. The fourth-order valence-corrected chi connectivity index (χ4v) is 1.89. The van der Waals surface area contributed by atoms with Gasteiger partial charge in [-0.05, 0) is 37.6 Å². The Morgan fingerprint density at radius 2 is 2.13 bits per heavy atom. The number of nitrogens with two attached hydrogens (primary N) is 1. The van der Waals surface area contributed by atoms with Crippen molar-refractivity contribution in [3.63, 3.8) is 0 Å². The van der Waals surface area contributed by atoms with Gasteiger partial charge in [-0.25, -0.2) is 8.42 Å². The maximum absolute atomic E-state index is 11.3. The van der Waals surface area contributed by atoms with E-state index in [0.29, 0.717) is 12.4 Å². The number of nitrogens with one attached hydrogen (secondary N) is 1. The smallest absolute Gasteiger partial charge is 0.253 e. The molecule has 6 heteroatoms. The van der Waals surface area contributed by atoms with Crippen LogP contribution in [0, 0.1) is 6.92 Å². The molecule has 1 aromatic carbocycles. The second-order valence-corrected chi connectivity index (χ2v) is 4.70. The molecule has 15 heavy (non-hydrogen) atoms. The molecule has 0 bridgehead atoms. The fourth-order valence-electron chi connectivity index (χ4n) is 1.17. The fraction of sp³-hybridized carbons (Fsp3) is 0.333. The molecule has 0 aliphatic carbocycles. The van der Waals surface area contributed by atoms with Gasteiger partial charge in [0.05, 0.1) is 11.5 Å². The van der Waals surface area contributed by atoms with Crippen LogP contribution in [0.15, 0.2) is 23.1 Å². The topological polar surface area (TPSA) is 81.4 Å². The second-order valence-electron chi connectivity index (χ2n) is 2.98. The SMILES string of the molecule is CCOc1ccc(S(=O)(=O)NN)cc1C. The van der Waals surface area contributed by atoms with E-state index in [1.54, 1.807) is 17.8 Å². The van der Waals surface area contributed by atoms with E-state index >= 15 is 0 Å². The van der Waals surface area contributed by atoms with Crippen molar-refractivity contribution < 1.29 is 13.2 Å². The molecule has 3 N–H and O–H groups in total. The van der Waals surface area contributed by atoms with E-state index in [0.717, 1.165) is 5.56 Å². The average molecular weight is 230 g/mol. The van der Waals surface area contributed by atoms with Gasteiger partial charge in [0.2, 0.25) is 0 Å². The summed E-state index contributed by atoms with van der Waals surface area (Å²) in [6.07, 6.45) is 0. The lowest BCUT2D eigenvalue weighted by Gasteiger charge is -2.08. The molecule has 0 amide bonds. The van der Waals surface area contributed by atoms with Crippen molar-refractivity contribution in [3.05, 3.63) is 23.8 Å². The molecule has 0 radical (unpaired) electrons. The van der Waals surface area contributed by atoms with E-state index in [2.05, 4.69) is 0 Å². The highest BCUT2D eigenvalue weighted by Gasteiger charge is 2.12. The van der Waals surface area contributed by atoms with Crippen LogP contribution in [0.4, 0.5) is 0 Å². The molecule has 1 aromatic rings. The first kappa shape index (κ1) is 12.0. The number of hydrazine groups is 1. The number of hydrogen-bond donors (Lipinski definition) is 2. The normalized spacial score (nSPS) is 11.4. The minimum atomic E-state index is -3.58. The summed E-state index contributed by atoms with van der Waals surface area (Å²) in [7, 11) is -3.58. The van der Waals surface area contributed by atoms with Gasteiger partial charge in [-0.15, -0.1) is 0 Å². The molecule has 1 rings (SSSR count). The van der Waals surface area contributed by atoms with E-state index in [4.69, 9.17) is 10.6 Å². The molecule has 0 aliphatic heterocycles. The Morgan fingerprint density at radius 3 is 2.60 bits per heavy atom. The van der Waals surface area contributed by atoms with Crippen LogP contribution in [0.25, 0.3) is 0 Å². The molecule has 84 valence electrons. The van der Waals surface area contributed by atoms with Gasteiger partial charge in [0, 0.05) is 0 Å². The van der Waals surface area contributed by atoms with Crippen molar-refractivity contribution in [2.75, 3.05) is 6.61 Å². The van der Waals surface area contributed by atoms with Crippen molar-refractivity contribution in [1.82, 2.24) is 4.83 Å². The summed E-state index contributed by atoms with van der Waals surface area (Å²) in [6.45, 7) is 4.19. The summed E-state index contributed by atoms with van der Waals surface area (Å²) in [6, 6.07) is 4.58. The summed E-state index contributed by atoms with van der Waals surface area (Å²) < 4.78 is 28.0. The van der Waals surface area contributed by atoms with Crippen molar-refractivity contribution in [2.45, 2.75) is 18.7 Å². The zero-order chi connectivity index (χ0) is 11.5. The molecule has 0 spiro atoms. The lowest BCUT2D eigenvalue weighted by atomic mass is 10.2.